The number of hydrogen-bond donors (Lipinski definition) is 0. The van der Waals surface area contributed by atoms with Gasteiger partial charge in [0, 0.05) is 30.1 Å². The number of ether oxygens (including phenoxy) is 1. The van der Waals surface area contributed by atoms with E-state index in [4.69, 9.17) is 9.15 Å². The van der Waals surface area contributed by atoms with Crippen LogP contribution in [-0.2, 0) is 9.53 Å². The molecule has 1 aromatic carbocycles. The number of piperidine rings is 1. The van der Waals surface area contributed by atoms with E-state index in [1.807, 2.05) is 50.4 Å². The van der Waals surface area contributed by atoms with Crippen LogP contribution in [0.15, 0.2) is 65.2 Å². The van der Waals surface area contributed by atoms with E-state index in [0.717, 1.165) is 46.7 Å². The molecule has 38 heavy (non-hydrogen) atoms. The van der Waals surface area contributed by atoms with Gasteiger partial charge in [0.05, 0.1) is 32.4 Å². The van der Waals surface area contributed by atoms with Crippen LogP contribution in [0.3, 0.4) is 0 Å². The molecule has 5 rings (SSSR count). The molecule has 0 amide bonds. The predicted molar refractivity (Wildman–Crippen MR) is 156 cm³/mol. The lowest BCUT2D eigenvalue weighted by atomic mass is 9.96. The number of fused-ring (bicyclic) bond motifs is 1. The largest absolute Gasteiger partial charge is 0.459 e. The first-order chi connectivity index (χ1) is 18.3. The molecule has 0 aliphatic carbocycles. The highest BCUT2D eigenvalue weighted by Crippen LogP contribution is 2.33. The van der Waals surface area contributed by atoms with Gasteiger partial charge in [-0.15, -0.1) is 11.8 Å². The molecular weight excluding hydrogens is 586 g/mol. The van der Waals surface area contributed by atoms with Gasteiger partial charge in [-0.05, 0) is 79.9 Å². The van der Waals surface area contributed by atoms with Crippen LogP contribution in [0.4, 0.5) is 5.88 Å². The summed E-state index contributed by atoms with van der Waals surface area (Å²) in [6, 6.07) is 9.19. The van der Waals surface area contributed by atoms with Gasteiger partial charge in [0.1, 0.15) is 5.76 Å². The van der Waals surface area contributed by atoms with E-state index in [2.05, 4.69) is 25.8 Å². The zero-order chi connectivity index (χ0) is 27.0. The van der Waals surface area contributed by atoms with Gasteiger partial charge in [0.2, 0.25) is 5.88 Å². The Hall–Kier alpha value is -2.56. The van der Waals surface area contributed by atoms with Gasteiger partial charge < -0.3 is 14.1 Å². The fourth-order valence-corrected chi connectivity index (χ4v) is 6.84. The molecule has 2 aromatic heterocycles. The number of thioether (sulfide) groups is 1. The summed E-state index contributed by atoms with van der Waals surface area (Å²) in [6.07, 6.45) is 6.99. The number of benzene rings is 1. The van der Waals surface area contributed by atoms with E-state index >= 15 is 0 Å². The third-order valence-electron chi connectivity index (χ3n) is 6.62. The van der Waals surface area contributed by atoms with Gasteiger partial charge in [0.25, 0.3) is 5.56 Å². The summed E-state index contributed by atoms with van der Waals surface area (Å²) in [5.74, 6) is 0.930. The molecule has 7 nitrogen and oxygen atoms in total. The Bertz CT molecular complexity index is 1560. The Kier molecular flexibility index (Phi) is 8.02. The highest BCUT2D eigenvalue weighted by atomic mass is 79.9. The number of carbonyl (C=O) groups is 1. The molecule has 0 unspecified atom stereocenters. The molecule has 0 saturated carbocycles. The fraction of sp³-hybridized carbons (Fsp3) is 0.393. The minimum absolute atomic E-state index is 0.220. The van der Waals surface area contributed by atoms with Crippen LogP contribution >= 0.6 is 39.0 Å². The molecule has 2 aliphatic heterocycles. The molecule has 4 heterocycles. The molecule has 0 radical (unpaired) electrons. The summed E-state index contributed by atoms with van der Waals surface area (Å²) in [6.45, 7) is 7.33. The maximum absolute atomic E-state index is 13.9. The maximum Gasteiger partial charge on any atom is 0.338 e. The number of nitrogens with zero attached hydrogens (tertiary/aromatic N) is 3. The molecule has 0 spiro atoms. The number of hydrogen-bond acceptors (Lipinski definition) is 8. The van der Waals surface area contributed by atoms with Crippen LogP contribution < -0.4 is 19.8 Å². The Balaban J connectivity index is 1.62. The second-order valence-electron chi connectivity index (χ2n) is 9.66. The number of allylic oxidation sites excluding steroid dienone is 1. The minimum Gasteiger partial charge on any atom is -0.459 e. The van der Waals surface area contributed by atoms with E-state index in [1.165, 1.54) is 17.8 Å². The number of rotatable bonds is 6. The standard InChI is InChI=1S/C28H30BrN3O4S2/c1-16(2)35-27(34)23-17(3)30-28-32(24(23)18-8-10-20(37-4)11-9-18)25(33)22(38-28)15-19-14-21(29)26(36-19)31-12-6-5-7-13-31/h8-11,14-16,24H,5-7,12-13H2,1-4H3/b22-15+/t24-/m0/s1. The first-order valence-corrected chi connectivity index (χ1v) is 15.5. The van der Waals surface area contributed by atoms with Gasteiger partial charge in [0.15, 0.2) is 4.80 Å². The van der Waals surface area contributed by atoms with Crippen molar-refractivity contribution in [3.63, 3.8) is 0 Å². The topological polar surface area (TPSA) is 77.0 Å². The lowest BCUT2D eigenvalue weighted by Gasteiger charge is -2.26. The van der Waals surface area contributed by atoms with Crippen molar-refractivity contribution in [1.29, 1.82) is 0 Å². The lowest BCUT2D eigenvalue weighted by Crippen LogP contribution is -2.40. The molecule has 10 heteroatoms. The van der Waals surface area contributed by atoms with E-state index in [1.54, 1.807) is 29.3 Å². The zero-order valence-electron chi connectivity index (χ0n) is 21.8. The quantitative estimate of drug-likeness (QED) is 0.278. The van der Waals surface area contributed by atoms with Crippen LogP contribution in [-0.4, -0.2) is 36.0 Å². The first kappa shape index (κ1) is 27.0. The van der Waals surface area contributed by atoms with E-state index in [-0.39, 0.29) is 11.7 Å². The summed E-state index contributed by atoms with van der Waals surface area (Å²) < 4.78 is 14.7. The number of esters is 1. The molecule has 2 aliphatic rings. The Morgan fingerprint density at radius 1 is 1.24 bits per heavy atom. The number of halogens is 1. The Morgan fingerprint density at radius 2 is 1.95 bits per heavy atom. The van der Waals surface area contributed by atoms with Crippen molar-refractivity contribution in [2.45, 2.75) is 57.1 Å². The van der Waals surface area contributed by atoms with Gasteiger partial charge in [-0.2, -0.15) is 0 Å². The van der Waals surface area contributed by atoms with Gasteiger partial charge >= 0.3 is 5.97 Å². The number of furan rings is 1. The Labute approximate surface area is 238 Å². The average molecular weight is 617 g/mol. The van der Waals surface area contributed by atoms with Gasteiger partial charge in [-0.25, -0.2) is 9.79 Å². The van der Waals surface area contributed by atoms with E-state index in [0.29, 0.717) is 26.4 Å². The molecule has 0 N–H and O–H groups in total. The summed E-state index contributed by atoms with van der Waals surface area (Å²) in [4.78, 5) is 35.7. The second kappa shape index (κ2) is 11.3. The number of carbonyl (C=O) groups excluding carboxylic acids is 1. The average Bonchev–Trinajstić information content (AvgIpc) is 3.41. The minimum atomic E-state index is -0.636. The van der Waals surface area contributed by atoms with Crippen LogP contribution in [0.1, 0.15) is 57.4 Å². The van der Waals surface area contributed by atoms with Gasteiger partial charge in [-0.1, -0.05) is 23.5 Å². The van der Waals surface area contributed by atoms with Crippen molar-refractivity contribution >= 4 is 57.0 Å². The summed E-state index contributed by atoms with van der Waals surface area (Å²) >= 11 is 6.56. The molecule has 1 saturated heterocycles. The second-order valence-corrected chi connectivity index (χ2v) is 12.4. The molecule has 3 aromatic rings. The predicted octanol–water partition coefficient (Wildman–Crippen LogP) is 5.25. The molecule has 1 atom stereocenters. The van der Waals surface area contributed by atoms with Crippen molar-refractivity contribution in [1.82, 2.24) is 4.57 Å². The van der Waals surface area contributed by atoms with Crippen molar-refractivity contribution in [2.24, 2.45) is 4.99 Å². The molecule has 1 fully saturated rings. The van der Waals surface area contributed by atoms with Crippen molar-refractivity contribution < 1.29 is 13.9 Å². The summed E-state index contributed by atoms with van der Waals surface area (Å²) in [7, 11) is 0. The third-order valence-corrected chi connectivity index (χ3v) is 8.91. The summed E-state index contributed by atoms with van der Waals surface area (Å²) in [5, 5.41) is 0. The third kappa shape index (κ3) is 5.31. The van der Waals surface area contributed by atoms with Crippen LogP contribution in [0.25, 0.3) is 6.08 Å². The zero-order valence-corrected chi connectivity index (χ0v) is 25.0. The SMILES string of the molecule is CSc1ccc([C@H]2C(C(=O)OC(C)C)=C(C)N=c3s/c(=C/c4cc(Br)c(N5CCCCC5)o4)c(=O)n32)cc1. The number of anilines is 1. The highest BCUT2D eigenvalue weighted by Gasteiger charge is 2.34. The van der Waals surface area contributed by atoms with Crippen molar-refractivity contribution in [2.75, 3.05) is 24.2 Å². The molecule has 200 valence electrons. The summed E-state index contributed by atoms with van der Waals surface area (Å²) in [5.41, 5.74) is 1.54. The first-order valence-electron chi connectivity index (χ1n) is 12.7. The van der Waals surface area contributed by atoms with E-state index < -0.39 is 12.0 Å². The van der Waals surface area contributed by atoms with Crippen LogP contribution in [0, 0.1) is 0 Å². The number of aromatic nitrogens is 1. The van der Waals surface area contributed by atoms with Gasteiger partial charge in [-0.3, -0.25) is 9.36 Å². The maximum atomic E-state index is 13.9. The Morgan fingerprint density at radius 3 is 2.61 bits per heavy atom. The van der Waals surface area contributed by atoms with E-state index in [9.17, 15) is 9.59 Å². The molecular formula is C28H30BrN3O4S2. The smallest absolute Gasteiger partial charge is 0.338 e. The highest BCUT2D eigenvalue weighted by molar-refractivity contribution is 9.10. The lowest BCUT2D eigenvalue weighted by molar-refractivity contribution is -0.143. The van der Waals surface area contributed by atoms with Crippen LogP contribution in [0.5, 0.6) is 0 Å². The van der Waals surface area contributed by atoms with Crippen molar-refractivity contribution in [3.8, 4) is 0 Å². The van der Waals surface area contributed by atoms with Crippen LogP contribution in [0.2, 0.25) is 0 Å². The monoisotopic (exact) mass is 615 g/mol. The molecule has 0 bridgehead atoms. The fourth-order valence-electron chi connectivity index (χ4n) is 4.85. The van der Waals surface area contributed by atoms with Crippen molar-refractivity contribution in [3.05, 3.63) is 77.1 Å². The normalized spacial score (nSPS) is 18.1. The number of thiazole rings is 1.